The van der Waals surface area contributed by atoms with Gasteiger partial charge in [-0.15, -0.1) is 0 Å². The third-order valence-corrected chi connectivity index (χ3v) is 3.76. The van der Waals surface area contributed by atoms with E-state index in [0.717, 1.165) is 5.39 Å². The average Bonchev–Trinajstić information content (AvgIpc) is 2.56. The lowest BCUT2D eigenvalue weighted by atomic mass is 10.2. The second-order valence-corrected chi connectivity index (χ2v) is 5.42. The van der Waals surface area contributed by atoms with Gasteiger partial charge in [-0.05, 0) is 49.4 Å². The molecule has 1 N–H and O–H groups in total. The molecule has 0 fully saturated rings. The van der Waals surface area contributed by atoms with Crippen molar-refractivity contribution < 1.29 is 4.79 Å². The monoisotopic (exact) mass is 327 g/mol. The van der Waals surface area contributed by atoms with Crippen LogP contribution in [0.5, 0.6) is 0 Å². The molecule has 3 rings (SSSR count). The van der Waals surface area contributed by atoms with Crippen LogP contribution in [0.15, 0.2) is 53.5 Å². The number of fused-ring (bicyclic) bond motifs is 1. The van der Waals surface area contributed by atoms with Crippen molar-refractivity contribution >= 4 is 34.2 Å². The fourth-order valence-electron chi connectivity index (χ4n) is 2.39. The molecule has 0 unspecified atom stereocenters. The number of aromatic nitrogens is 2. The summed E-state index contributed by atoms with van der Waals surface area (Å²) >= 11 is 5.82. The highest BCUT2D eigenvalue weighted by Crippen LogP contribution is 2.15. The number of rotatable bonds is 3. The molecule has 116 valence electrons. The van der Waals surface area contributed by atoms with Crippen molar-refractivity contribution in [1.29, 1.82) is 0 Å². The van der Waals surface area contributed by atoms with Crippen molar-refractivity contribution in [3.05, 3.63) is 69.6 Å². The number of amides is 1. The molecule has 0 aliphatic heterocycles. The zero-order valence-electron chi connectivity index (χ0n) is 12.4. The Balaban J connectivity index is 2.05. The molecular formula is C17H14ClN3O2. The lowest BCUT2D eigenvalue weighted by Crippen LogP contribution is -2.29. The van der Waals surface area contributed by atoms with Crippen LogP contribution >= 0.6 is 11.6 Å². The first kappa shape index (κ1) is 15.2. The van der Waals surface area contributed by atoms with Crippen molar-refractivity contribution in [1.82, 2.24) is 9.55 Å². The molecule has 0 aliphatic rings. The first-order chi connectivity index (χ1) is 11.1. The number of pyridine rings is 2. The van der Waals surface area contributed by atoms with Gasteiger partial charge in [0.2, 0.25) is 0 Å². The molecule has 5 nitrogen and oxygen atoms in total. The average molecular weight is 328 g/mol. The Morgan fingerprint density at radius 1 is 1.26 bits per heavy atom. The molecule has 0 bridgehead atoms. The quantitative estimate of drug-likeness (QED) is 0.802. The van der Waals surface area contributed by atoms with E-state index >= 15 is 0 Å². The van der Waals surface area contributed by atoms with E-state index < -0.39 is 5.91 Å². The van der Waals surface area contributed by atoms with Gasteiger partial charge in [-0.1, -0.05) is 11.6 Å². The van der Waals surface area contributed by atoms with Crippen LogP contribution in [0.2, 0.25) is 5.02 Å². The van der Waals surface area contributed by atoms with E-state index in [9.17, 15) is 9.59 Å². The molecule has 6 heteroatoms. The third kappa shape index (κ3) is 2.96. The maximum absolute atomic E-state index is 12.5. The van der Waals surface area contributed by atoms with E-state index in [-0.39, 0.29) is 11.1 Å². The van der Waals surface area contributed by atoms with Gasteiger partial charge in [0, 0.05) is 28.8 Å². The lowest BCUT2D eigenvalue weighted by molar-refractivity contribution is 0.102. The van der Waals surface area contributed by atoms with Crippen LogP contribution in [-0.2, 0) is 6.54 Å². The van der Waals surface area contributed by atoms with Gasteiger partial charge < -0.3 is 5.32 Å². The minimum absolute atomic E-state index is 0.0855. The van der Waals surface area contributed by atoms with Gasteiger partial charge in [0.15, 0.2) is 0 Å². The molecule has 0 atom stereocenters. The zero-order chi connectivity index (χ0) is 16.4. The number of hydrogen-bond donors (Lipinski definition) is 1. The van der Waals surface area contributed by atoms with Gasteiger partial charge in [0.25, 0.3) is 11.5 Å². The van der Waals surface area contributed by atoms with E-state index in [4.69, 9.17) is 11.6 Å². The molecule has 23 heavy (non-hydrogen) atoms. The first-order valence-corrected chi connectivity index (χ1v) is 7.53. The number of halogens is 1. The summed E-state index contributed by atoms with van der Waals surface area (Å²) in [7, 11) is 0. The number of aryl methyl sites for hydroxylation is 1. The van der Waals surface area contributed by atoms with Crippen molar-refractivity contribution in [3.8, 4) is 0 Å². The third-order valence-electron chi connectivity index (χ3n) is 3.51. The molecule has 2 heterocycles. The summed E-state index contributed by atoms with van der Waals surface area (Å²) in [6, 6.07) is 11.9. The maximum atomic E-state index is 12.5. The second-order valence-electron chi connectivity index (χ2n) is 4.98. The highest BCUT2D eigenvalue weighted by Gasteiger charge is 2.15. The van der Waals surface area contributed by atoms with Crippen LogP contribution in [0.25, 0.3) is 11.0 Å². The standard InChI is InChI=1S/C17H14ClN3O2/c1-2-21-15-11(4-3-9-19-15)10-14(17(21)23)16(22)20-13-7-5-12(18)6-8-13/h3-10H,2H2,1H3,(H,20,22). The summed E-state index contributed by atoms with van der Waals surface area (Å²) in [5.41, 5.74) is 0.878. The number of nitrogens with one attached hydrogen (secondary N) is 1. The van der Waals surface area contributed by atoms with E-state index in [1.165, 1.54) is 4.57 Å². The Kier molecular flexibility index (Phi) is 4.12. The SMILES string of the molecule is CCn1c(=O)c(C(=O)Nc2ccc(Cl)cc2)cc2cccnc21. The normalized spacial score (nSPS) is 10.7. The van der Waals surface area contributed by atoms with Gasteiger partial charge in [-0.2, -0.15) is 0 Å². The number of carbonyl (C=O) groups excluding carboxylic acids is 1. The van der Waals surface area contributed by atoms with Gasteiger partial charge in [0.05, 0.1) is 0 Å². The number of anilines is 1. The highest BCUT2D eigenvalue weighted by molar-refractivity contribution is 6.30. The summed E-state index contributed by atoms with van der Waals surface area (Å²) in [5.74, 6) is -0.453. The Morgan fingerprint density at radius 3 is 2.70 bits per heavy atom. The zero-order valence-corrected chi connectivity index (χ0v) is 13.2. The Labute approximate surface area is 137 Å². The summed E-state index contributed by atoms with van der Waals surface area (Å²) in [6.45, 7) is 2.28. The maximum Gasteiger partial charge on any atom is 0.265 e. The molecule has 0 spiro atoms. The number of carbonyl (C=O) groups is 1. The highest BCUT2D eigenvalue weighted by atomic mass is 35.5. The summed E-state index contributed by atoms with van der Waals surface area (Å²) < 4.78 is 1.49. The van der Waals surface area contributed by atoms with Crippen LogP contribution < -0.4 is 10.9 Å². The molecule has 3 aromatic rings. The van der Waals surface area contributed by atoms with Crippen LogP contribution in [0.3, 0.4) is 0 Å². The fraction of sp³-hybridized carbons (Fsp3) is 0.118. The molecule has 1 amide bonds. The molecule has 0 radical (unpaired) electrons. The van der Waals surface area contributed by atoms with Gasteiger partial charge in [0.1, 0.15) is 11.2 Å². The minimum atomic E-state index is -0.453. The molecule has 2 aromatic heterocycles. The van der Waals surface area contributed by atoms with Gasteiger partial charge in [-0.3, -0.25) is 14.2 Å². The van der Waals surface area contributed by atoms with Gasteiger partial charge in [-0.25, -0.2) is 4.98 Å². The van der Waals surface area contributed by atoms with E-state index in [0.29, 0.717) is 22.9 Å². The minimum Gasteiger partial charge on any atom is -0.322 e. The molecule has 0 saturated heterocycles. The Bertz CT molecular complexity index is 933. The van der Waals surface area contributed by atoms with Gasteiger partial charge >= 0.3 is 0 Å². The Hall–Kier alpha value is -2.66. The van der Waals surface area contributed by atoms with Crippen LogP contribution in [0, 0.1) is 0 Å². The van der Waals surface area contributed by atoms with Crippen LogP contribution in [-0.4, -0.2) is 15.5 Å². The largest absolute Gasteiger partial charge is 0.322 e. The lowest BCUT2D eigenvalue weighted by Gasteiger charge is -2.10. The number of benzene rings is 1. The number of hydrogen-bond acceptors (Lipinski definition) is 3. The second kappa shape index (κ2) is 6.22. The topological polar surface area (TPSA) is 64.0 Å². The molecule has 0 saturated carbocycles. The Morgan fingerprint density at radius 2 is 2.00 bits per heavy atom. The first-order valence-electron chi connectivity index (χ1n) is 7.15. The summed E-state index contributed by atoms with van der Waals surface area (Å²) in [6.07, 6.45) is 1.63. The van der Waals surface area contributed by atoms with Crippen LogP contribution in [0.4, 0.5) is 5.69 Å². The van der Waals surface area contributed by atoms with E-state index in [2.05, 4.69) is 10.3 Å². The molecular weight excluding hydrogens is 314 g/mol. The molecule has 1 aromatic carbocycles. The van der Waals surface area contributed by atoms with E-state index in [1.54, 1.807) is 42.6 Å². The number of nitrogens with zero attached hydrogens (tertiary/aromatic N) is 2. The predicted octanol–water partition coefficient (Wildman–Crippen LogP) is 3.32. The smallest absolute Gasteiger partial charge is 0.265 e. The summed E-state index contributed by atoms with van der Waals surface area (Å²) in [5, 5.41) is 4.03. The van der Waals surface area contributed by atoms with Crippen molar-refractivity contribution in [2.75, 3.05) is 5.32 Å². The van der Waals surface area contributed by atoms with Crippen molar-refractivity contribution in [2.45, 2.75) is 13.5 Å². The summed E-state index contributed by atoms with van der Waals surface area (Å²) in [4.78, 5) is 29.2. The van der Waals surface area contributed by atoms with Crippen molar-refractivity contribution in [2.24, 2.45) is 0 Å². The van der Waals surface area contributed by atoms with Crippen LogP contribution in [0.1, 0.15) is 17.3 Å². The van der Waals surface area contributed by atoms with Crippen molar-refractivity contribution in [3.63, 3.8) is 0 Å². The molecule has 0 aliphatic carbocycles. The fourth-order valence-corrected chi connectivity index (χ4v) is 2.52. The van der Waals surface area contributed by atoms with E-state index in [1.807, 2.05) is 13.0 Å². The predicted molar refractivity (Wildman–Crippen MR) is 91.1 cm³/mol.